The number of carbonyl (C=O) groups is 4. The molecule has 10 nitrogen and oxygen atoms in total. The lowest BCUT2D eigenvalue weighted by Crippen LogP contribution is -2.39. The molecule has 3 rings (SSSR count). The van der Waals surface area contributed by atoms with Crippen LogP contribution in [0.15, 0.2) is 65.7 Å². The summed E-state index contributed by atoms with van der Waals surface area (Å²) in [4.78, 5) is 52.7. The van der Waals surface area contributed by atoms with Gasteiger partial charge in [-0.15, -0.1) is 0 Å². The number of rotatable bonds is 8. The predicted octanol–water partition coefficient (Wildman–Crippen LogP) is 3.14. The monoisotopic (exact) mass is 561 g/mol. The Morgan fingerprint density at radius 3 is 2.22 bits per heavy atom. The van der Waals surface area contributed by atoms with E-state index < -0.39 is 33.3 Å². The van der Waals surface area contributed by atoms with E-state index in [0.29, 0.717) is 5.02 Å². The first-order chi connectivity index (χ1) is 17.4. The average molecular weight is 562 g/mol. The van der Waals surface area contributed by atoms with Gasteiger partial charge >= 0.3 is 0 Å². The average Bonchev–Trinajstić information content (AvgIpc) is 2.85. The second-order valence-electron chi connectivity index (χ2n) is 7.59. The maximum absolute atomic E-state index is 12.9. The van der Waals surface area contributed by atoms with E-state index in [-0.39, 0.29) is 39.1 Å². The van der Waals surface area contributed by atoms with Gasteiger partial charge in [0.25, 0.3) is 17.7 Å². The molecule has 0 spiro atoms. The van der Waals surface area contributed by atoms with Crippen molar-refractivity contribution in [1.29, 1.82) is 0 Å². The fourth-order valence-corrected chi connectivity index (χ4v) is 4.37. The summed E-state index contributed by atoms with van der Waals surface area (Å²) in [5.74, 6) is 1.58. The van der Waals surface area contributed by atoms with Gasteiger partial charge in [0.05, 0.1) is 32.5 Å². The Hall–Kier alpha value is -3.93. The maximum atomic E-state index is 12.9. The van der Waals surface area contributed by atoms with Gasteiger partial charge in [-0.05, 0) is 60.5 Å². The van der Waals surface area contributed by atoms with Crippen molar-refractivity contribution in [3.8, 4) is 0 Å². The zero-order valence-corrected chi connectivity index (χ0v) is 21.7. The van der Waals surface area contributed by atoms with Crippen molar-refractivity contribution in [2.75, 3.05) is 17.2 Å². The van der Waals surface area contributed by atoms with Gasteiger partial charge in [0.1, 0.15) is 5.82 Å². The van der Waals surface area contributed by atoms with Crippen LogP contribution in [0.1, 0.15) is 27.6 Å². The molecule has 0 fully saturated rings. The summed E-state index contributed by atoms with van der Waals surface area (Å²) in [6.45, 7) is 0.891. The highest BCUT2D eigenvalue weighted by molar-refractivity contribution is 7.99. The van der Waals surface area contributed by atoms with Crippen LogP contribution in [0, 0.1) is 0 Å². The van der Waals surface area contributed by atoms with Crippen molar-refractivity contribution >= 4 is 73.9 Å². The number of hydrogen-bond acceptors (Lipinski definition) is 6. The molecule has 3 aromatic rings. The van der Waals surface area contributed by atoms with Crippen LogP contribution in [-0.4, -0.2) is 45.2 Å². The summed E-state index contributed by atoms with van der Waals surface area (Å²) in [6.07, 6.45) is 1.38. The Balaban J connectivity index is 1.73. The lowest BCUT2D eigenvalue weighted by molar-refractivity contribution is -0.124. The second kappa shape index (κ2) is 11.9. The summed E-state index contributed by atoms with van der Waals surface area (Å²) in [5, 5.41) is 8.24. The minimum Gasteiger partial charge on any atom is -0.347 e. The highest BCUT2D eigenvalue weighted by atomic mass is 35.5. The van der Waals surface area contributed by atoms with Crippen molar-refractivity contribution in [2.24, 2.45) is 0 Å². The lowest BCUT2D eigenvalue weighted by Gasteiger charge is -2.14. The number of amides is 4. The normalized spacial score (nSPS) is 12.1. The molecule has 4 N–H and O–H groups in total. The molecule has 2 aromatic carbocycles. The number of anilines is 2. The standard InChI is InChI=1S/C24H21Cl2N5O5S/c1-14(32)27-13-22(33)31-37(2,36)18-7-3-15(4-8-18)23(34)29-20-9-5-16(25)11-19(20)24(35)30-21-10-6-17(26)12-28-21/h3-12H,2,13H2,1H3,(H,27,32)(H,29,34)(H,28,30,35)(H,31,33,36). The fraction of sp³-hybridized carbons (Fsp3) is 0.0833. The van der Waals surface area contributed by atoms with Crippen molar-refractivity contribution in [3.63, 3.8) is 0 Å². The van der Waals surface area contributed by atoms with Gasteiger partial charge in [-0.1, -0.05) is 23.2 Å². The van der Waals surface area contributed by atoms with Crippen molar-refractivity contribution in [2.45, 2.75) is 11.8 Å². The van der Waals surface area contributed by atoms with Crippen molar-refractivity contribution in [3.05, 3.63) is 82.0 Å². The number of hydrogen-bond donors (Lipinski definition) is 4. The highest BCUT2D eigenvalue weighted by Crippen LogP contribution is 2.23. The summed E-state index contributed by atoms with van der Waals surface area (Å²) in [7, 11) is -3.23. The molecule has 0 aliphatic rings. The maximum Gasteiger partial charge on any atom is 0.258 e. The van der Waals surface area contributed by atoms with Crippen LogP contribution >= 0.6 is 23.2 Å². The molecule has 37 heavy (non-hydrogen) atoms. The van der Waals surface area contributed by atoms with Gasteiger partial charge in [0.15, 0.2) is 0 Å². The van der Waals surface area contributed by atoms with Crippen LogP contribution < -0.4 is 20.7 Å². The topological polar surface area (TPSA) is 146 Å². The highest BCUT2D eigenvalue weighted by Gasteiger charge is 2.17. The number of pyridine rings is 1. The third kappa shape index (κ3) is 7.78. The third-order valence-corrected chi connectivity index (χ3v) is 6.77. The van der Waals surface area contributed by atoms with Gasteiger partial charge < -0.3 is 16.0 Å². The van der Waals surface area contributed by atoms with E-state index in [2.05, 4.69) is 31.5 Å². The number of carbonyl (C=O) groups excluding carboxylic acids is 4. The fourth-order valence-electron chi connectivity index (χ4n) is 2.95. The molecule has 0 saturated heterocycles. The van der Waals surface area contributed by atoms with Crippen molar-refractivity contribution < 1.29 is 23.4 Å². The molecular weight excluding hydrogens is 541 g/mol. The van der Waals surface area contributed by atoms with Gasteiger partial charge in [-0.3, -0.25) is 23.9 Å². The van der Waals surface area contributed by atoms with Gasteiger partial charge in [0.2, 0.25) is 5.91 Å². The number of benzene rings is 2. The molecular formula is C24H21Cl2N5O5S. The Bertz CT molecular complexity index is 1460. The zero-order chi connectivity index (χ0) is 27.2. The lowest BCUT2D eigenvalue weighted by atomic mass is 10.1. The number of nitrogens with zero attached hydrogens (tertiary/aromatic N) is 1. The van der Waals surface area contributed by atoms with E-state index in [0.717, 1.165) is 0 Å². The first-order valence-corrected chi connectivity index (χ1v) is 13.0. The van der Waals surface area contributed by atoms with Gasteiger partial charge in [-0.2, -0.15) is 0 Å². The van der Waals surface area contributed by atoms with Crippen LogP contribution in [0.5, 0.6) is 0 Å². The quantitative estimate of drug-likeness (QED) is 0.311. The molecule has 0 saturated carbocycles. The van der Waals surface area contributed by atoms with E-state index in [1.54, 1.807) is 6.07 Å². The molecule has 0 radical (unpaired) electrons. The summed E-state index contributed by atoms with van der Waals surface area (Å²) >= 11 is 11.9. The van der Waals surface area contributed by atoms with Crippen LogP contribution in [0.25, 0.3) is 0 Å². The van der Waals surface area contributed by atoms with Gasteiger partial charge in [0, 0.05) is 28.6 Å². The minimum absolute atomic E-state index is 0.0943. The Labute approximate surface area is 222 Å². The molecule has 192 valence electrons. The summed E-state index contributed by atoms with van der Waals surface area (Å²) in [5.41, 5.74) is 0.470. The number of aromatic nitrogens is 1. The number of halogens is 2. The molecule has 0 aliphatic heterocycles. The summed E-state index contributed by atoms with van der Waals surface area (Å²) < 4.78 is 15.1. The van der Waals surface area contributed by atoms with Crippen LogP contribution in [0.2, 0.25) is 10.0 Å². The smallest absolute Gasteiger partial charge is 0.258 e. The van der Waals surface area contributed by atoms with Crippen LogP contribution in [0.4, 0.5) is 11.5 Å². The van der Waals surface area contributed by atoms with E-state index in [1.807, 2.05) is 0 Å². The molecule has 1 heterocycles. The largest absolute Gasteiger partial charge is 0.347 e. The van der Waals surface area contributed by atoms with Crippen molar-refractivity contribution in [1.82, 2.24) is 15.0 Å². The zero-order valence-electron chi connectivity index (χ0n) is 19.3. The molecule has 1 atom stereocenters. The SMILES string of the molecule is C=S(=O)(NC(=O)CNC(C)=O)c1ccc(C(=O)Nc2ccc(Cl)cc2C(=O)Nc2ccc(Cl)cn2)cc1. The van der Waals surface area contributed by atoms with E-state index in [4.69, 9.17) is 23.2 Å². The first-order valence-electron chi connectivity index (χ1n) is 10.5. The van der Waals surface area contributed by atoms with E-state index >= 15 is 0 Å². The van der Waals surface area contributed by atoms with E-state index in [1.165, 1.54) is 61.7 Å². The Morgan fingerprint density at radius 2 is 1.59 bits per heavy atom. The summed E-state index contributed by atoms with van der Waals surface area (Å²) in [6, 6.07) is 13.0. The predicted molar refractivity (Wildman–Crippen MR) is 143 cm³/mol. The minimum atomic E-state index is -3.23. The molecule has 1 unspecified atom stereocenters. The molecule has 0 bridgehead atoms. The third-order valence-electron chi connectivity index (χ3n) is 4.72. The second-order valence-corrected chi connectivity index (χ2v) is 10.5. The van der Waals surface area contributed by atoms with Gasteiger partial charge in [-0.25, -0.2) is 9.19 Å². The molecule has 13 heteroatoms. The first kappa shape index (κ1) is 27.7. The van der Waals surface area contributed by atoms with E-state index in [9.17, 15) is 23.4 Å². The Kier molecular flexibility index (Phi) is 8.87. The molecule has 0 aliphatic carbocycles. The van der Waals surface area contributed by atoms with Crippen LogP contribution in [-0.2, 0) is 19.3 Å². The Morgan fingerprint density at radius 1 is 0.919 bits per heavy atom. The molecule has 4 amide bonds. The molecule has 1 aromatic heterocycles. The number of nitrogens with one attached hydrogen (secondary N) is 4. The van der Waals surface area contributed by atoms with Crippen LogP contribution in [0.3, 0.4) is 0 Å².